The normalized spacial score (nSPS) is 15.4. The molecule has 1 saturated carbocycles. The first kappa shape index (κ1) is 14.7. The summed E-state index contributed by atoms with van der Waals surface area (Å²) in [4.78, 5) is 28.4. The summed E-state index contributed by atoms with van der Waals surface area (Å²) in [7, 11) is 0. The molecule has 7 heteroatoms. The van der Waals surface area contributed by atoms with Gasteiger partial charge in [0.05, 0.1) is 23.4 Å². The van der Waals surface area contributed by atoms with E-state index in [1.165, 1.54) is 18.5 Å². The standard InChI is InChI=1S/C17H16FN5O/c1-9-4-5-19-16(22-9)14(10-2-3-10)23-17(24)12-6-11(18)7-13-15(12)21-8-20-13/h4-8,10,14H,2-3H2,1H3,(H,20,21)(H,23,24). The number of aromatic nitrogens is 4. The maximum absolute atomic E-state index is 13.8. The third-order valence-electron chi connectivity index (χ3n) is 4.20. The highest BCUT2D eigenvalue weighted by Crippen LogP contribution is 2.40. The third kappa shape index (κ3) is 2.73. The number of hydrogen-bond donors (Lipinski definition) is 2. The summed E-state index contributed by atoms with van der Waals surface area (Å²) in [6, 6.07) is 4.07. The van der Waals surface area contributed by atoms with Gasteiger partial charge in [0.2, 0.25) is 0 Å². The Balaban J connectivity index is 1.67. The molecule has 1 atom stereocenters. The maximum Gasteiger partial charge on any atom is 0.254 e. The van der Waals surface area contributed by atoms with Gasteiger partial charge >= 0.3 is 0 Å². The molecule has 4 rings (SSSR count). The topological polar surface area (TPSA) is 83.6 Å². The fourth-order valence-electron chi connectivity index (χ4n) is 2.85. The van der Waals surface area contributed by atoms with Crippen LogP contribution in [0, 0.1) is 18.7 Å². The molecule has 1 aliphatic rings. The zero-order valence-corrected chi connectivity index (χ0v) is 13.1. The number of H-pyrrole nitrogens is 1. The molecular formula is C17H16FN5O. The summed E-state index contributed by atoms with van der Waals surface area (Å²) in [5, 5.41) is 2.96. The third-order valence-corrected chi connectivity index (χ3v) is 4.20. The summed E-state index contributed by atoms with van der Waals surface area (Å²) in [5.74, 6) is 0.0693. The van der Waals surface area contributed by atoms with Gasteiger partial charge in [-0.15, -0.1) is 0 Å². The van der Waals surface area contributed by atoms with E-state index in [-0.39, 0.29) is 17.5 Å². The monoisotopic (exact) mass is 325 g/mol. The van der Waals surface area contributed by atoms with Gasteiger partial charge in [0.25, 0.3) is 5.91 Å². The van der Waals surface area contributed by atoms with Gasteiger partial charge in [0.1, 0.15) is 11.3 Å². The second-order valence-corrected chi connectivity index (χ2v) is 6.10. The van der Waals surface area contributed by atoms with Gasteiger partial charge in [0.15, 0.2) is 5.82 Å². The number of benzene rings is 1. The molecule has 6 nitrogen and oxygen atoms in total. The van der Waals surface area contributed by atoms with Crippen molar-refractivity contribution in [3.05, 3.63) is 53.6 Å². The van der Waals surface area contributed by atoms with Crippen molar-refractivity contribution in [2.24, 2.45) is 5.92 Å². The molecule has 122 valence electrons. The Morgan fingerprint density at radius 2 is 2.21 bits per heavy atom. The van der Waals surface area contributed by atoms with Gasteiger partial charge < -0.3 is 10.3 Å². The number of nitrogens with one attached hydrogen (secondary N) is 2. The predicted octanol–water partition coefficient (Wildman–Crippen LogP) is 2.68. The molecule has 2 aromatic heterocycles. The Hall–Kier alpha value is -2.83. The number of carbonyl (C=O) groups excluding carboxylic acids is 1. The highest BCUT2D eigenvalue weighted by Gasteiger charge is 2.35. The smallest absolute Gasteiger partial charge is 0.254 e. The Kier molecular flexibility index (Phi) is 3.48. The first-order valence-electron chi connectivity index (χ1n) is 7.85. The van der Waals surface area contributed by atoms with Crippen molar-refractivity contribution in [1.29, 1.82) is 0 Å². The summed E-state index contributed by atoms with van der Waals surface area (Å²) in [5.41, 5.74) is 2.01. The minimum absolute atomic E-state index is 0.213. The Labute approximate surface area is 137 Å². The zero-order chi connectivity index (χ0) is 16.7. The SMILES string of the molecule is Cc1ccnc(C(NC(=O)c2cc(F)cc3[nH]cnc23)C2CC2)n1. The molecule has 2 N–H and O–H groups in total. The fourth-order valence-corrected chi connectivity index (χ4v) is 2.85. The molecule has 0 bridgehead atoms. The number of hydrogen-bond acceptors (Lipinski definition) is 4. The number of fused-ring (bicyclic) bond motifs is 1. The number of halogens is 1. The number of aromatic amines is 1. The van der Waals surface area contributed by atoms with E-state index in [4.69, 9.17) is 0 Å². The average molecular weight is 325 g/mol. The van der Waals surface area contributed by atoms with Crippen molar-refractivity contribution in [2.45, 2.75) is 25.8 Å². The second-order valence-electron chi connectivity index (χ2n) is 6.10. The van der Waals surface area contributed by atoms with Crippen molar-refractivity contribution >= 4 is 16.9 Å². The van der Waals surface area contributed by atoms with E-state index in [0.29, 0.717) is 22.8 Å². The van der Waals surface area contributed by atoms with E-state index in [2.05, 4.69) is 25.3 Å². The molecule has 24 heavy (non-hydrogen) atoms. The molecule has 0 radical (unpaired) electrons. The van der Waals surface area contributed by atoms with Gasteiger partial charge in [0, 0.05) is 11.9 Å². The van der Waals surface area contributed by atoms with E-state index in [1.54, 1.807) is 6.20 Å². The molecule has 1 aliphatic carbocycles. The summed E-state index contributed by atoms with van der Waals surface area (Å²) in [6.45, 7) is 1.89. The lowest BCUT2D eigenvalue weighted by atomic mass is 10.1. The van der Waals surface area contributed by atoms with E-state index in [0.717, 1.165) is 18.5 Å². The molecule has 0 spiro atoms. The predicted molar refractivity (Wildman–Crippen MR) is 85.8 cm³/mol. The van der Waals surface area contributed by atoms with Crippen molar-refractivity contribution in [3.8, 4) is 0 Å². The van der Waals surface area contributed by atoms with Crippen LogP contribution in [0.15, 0.2) is 30.7 Å². The highest BCUT2D eigenvalue weighted by molar-refractivity contribution is 6.04. The average Bonchev–Trinajstić information content (AvgIpc) is 3.29. The van der Waals surface area contributed by atoms with Crippen LogP contribution in [0.5, 0.6) is 0 Å². The summed E-state index contributed by atoms with van der Waals surface area (Å²) in [6.07, 6.45) is 5.17. The molecule has 1 aromatic carbocycles. The minimum atomic E-state index is -0.480. The van der Waals surface area contributed by atoms with Crippen molar-refractivity contribution in [1.82, 2.24) is 25.3 Å². The molecule has 3 aromatic rings. The first-order chi connectivity index (χ1) is 11.6. The molecule has 0 aliphatic heterocycles. The van der Waals surface area contributed by atoms with Crippen LogP contribution >= 0.6 is 0 Å². The Morgan fingerprint density at radius 3 is 2.96 bits per heavy atom. The number of nitrogens with zero attached hydrogens (tertiary/aromatic N) is 3. The molecular weight excluding hydrogens is 309 g/mol. The first-order valence-corrected chi connectivity index (χ1v) is 7.85. The van der Waals surface area contributed by atoms with E-state index in [1.807, 2.05) is 13.0 Å². The number of imidazole rings is 1. The van der Waals surface area contributed by atoms with Gasteiger partial charge in [-0.05, 0) is 43.9 Å². The Bertz CT molecular complexity index is 918. The quantitative estimate of drug-likeness (QED) is 0.772. The van der Waals surface area contributed by atoms with Crippen LogP contribution < -0.4 is 5.32 Å². The van der Waals surface area contributed by atoms with Gasteiger partial charge in [-0.2, -0.15) is 0 Å². The van der Waals surface area contributed by atoms with Crippen LogP contribution in [0.4, 0.5) is 4.39 Å². The fraction of sp³-hybridized carbons (Fsp3) is 0.294. The van der Waals surface area contributed by atoms with E-state index < -0.39 is 5.82 Å². The van der Waals surface area contributed by atoms with Crippen molar-refractivity contribution < 1.29 is 9.18 Å². The zero-order valence-electron chi connectivity index (χ0n) is 13.1. The number of amides is 1. The van der Waals surface area contributed by atoms with Crippen LogP contribution in [0.25, 0.3) is 11.0 Å². The lowest BCUT2D eigenvalue weighted by molar-refractivity contribution is 0.0930. The van der Waals surface area contributed by atoms with E-state index >= 15 is 0 Å². The van der Waals surface area contributed by atoms with Crippen LogP contribution in [-0.2, 0) is 0 Å². The second kappa shape index (κ2) is 5.67. The van der Waals surface area contributed by atoms with Gasteiger partial charge in [-0.1, -0.05) is 0 Å². The number of carbonyl (C=O) groups is 1. The molecule has 2 heterocycles. The van der Waals surface area contributed by atoms with Gasteiger partial charge in [-0.25, -0.2) is 19.3 Å². The van der Waals surface area contributed by atoms with Crippen LogP contribution in [0.3, 0.4) is 0 Å². The van der Waals surface area contributed by atoms with E-state index in [9.17, 15) is 9.18 Å². The molecule has 1 unspecified atom stereocenters. The van der Waals surface area contributed by atoms with Crippen LogP contribution in [-0.4, -0.2) is 25.8 Å². The van der Waals surface area contributed by atoms with Crippen molar-refractivity contribution in [3.63, 3.8) is 0 Å². The summed E-state index contributed by atoms with van der Waals surface area (Å²) >= 11 is 0. The minimum Gasteiger partial charge on any atom is -0.344 e. The van der Waals surface area contributed by atoms with Gasteiger partial charge in [-0.3, -0.25) is 4.79 Å². The van der Waals surface area contributed by atoms with Crippen LogP contribution in [0.1, 0.15) is 40.8 Å². The lowest BCUT2D eigenvalue weighted by Crippen LogP contribution is -2.31. The lowest BCUT2D eigenvalue weighted by Gasteiger charge is -2.17. The molecule has 1 amide bonds. The van der Waals surface area contributed by atoms with Crippen molar-refractivity contribution in [2.75, 3.05) is 0 Å². The molecule has 0 saturated heterocycles. The van der Waals surface area contributed by atoms with Crippen LogP contribution in [0.2, 0.25) is 0 Å². The summed E-state index contributed by atoms with van der Waals surface area (Å²) < 4.78 is 13.8. The number of aryl methyl sites for hydroxylation is 1. The molecule has 1 fully saturated rings. The maximum atomic E-state index is 13.8. The highest BCUT2D eigenvalue weighted by atomic mass is 19.1. The Morgan fingerprint density at radius 1 is 1.38 bits per heavy atom. The number of rotatable bonds is 4. The largest absolute Gasteiger partial charge is 0.344 e.